The first kappa shape index (κ1) is 17.6. The normalized spacial score (nSPS) is 16.2. The Morgan fingerprint density at radius 1 is 1.32 bits per heavy atom. The largest absolute Gasteiger partial charge is 0.369 e. The number of likely N-dealkylation sites (N-methyl/N-ethyl adjacent to an activating group) is 1. The van der Waals surface area contributed by atoms with E-state index in [1.54, 1.807) is 24.4 Å². The van der Waals surface area contributed by atoms with Crippen molar-refractivity contribution in [3.63, 3.8) is 0 Å². The molecule has 1 aliphatic rings. The van der Waals surface area contributed by atoms with Gasteiger partial charge in [-0.25, -0.2) is 4.98 Å². The van der Waals surface area contributed by atoms with Crippen LogP contribution in [0.3, 0.4) is 0 Å². The third-order valence-corrected chi connectivity index (χ3v) is 5.15. The average molecular weight is 374 g/mol. The lowest BCUT2D eigenvalue weighted by atomic mass is 10.2. The van der Waals surface area contributed by atoms with Crippen molar-refractivity contribution in [2.45, 2.75) is 20.3 Å². The van der Waals surface area contributed by atoms with Crippen LogP contribution in [0.5, 0.6) is 0 Å². The number of carbonyl (C=O) groups is 1. The summed E-state index contributed by atoms with van der Waals surface area (Å²) in [6, 6.07) is 5.38. The zero-order valence-corrected chi connectivity index (χ0v) is 15.6. The SMILES string of the molecule is CCCNc1nc2ccccn2c(=O)c1C=C1SC(=S)N(CC)C1=O. The molecule has 1 fully saturated rings. The van der Waals surface area contributed by atoms with Crippen LogP contribution in [0.25, 0.3) is 11.7 Å². The second-order valence-electron chi connectivity index (χ2n) is 5.46. The summed E-state index contributed by atoms with van der Waals surface area (Å²) in [6.07, 6.45) is 4.16. The highest BCUT2D eigenvalue weighted by atomic mass is 32.2. The fourth-order valence-corrected chi connectivity index (χ4v) is 3.88. The minimum Gasteiger partial charge on any atom is -0.369 e. The molecule has 1 aliphatic heterocycles. The van der Waals surface area contributed by atoms with Crippen molar-refractivity contribution in [1.29, 1.82) is 0 Å². The van der Waals surface area contributed by atoms with E-state index < -0.39 is 0 Å². The maximum atomic E-state index is 12.9. The van der Waals surface area contributed by atoms with E-state index in [0.717, 1.165) is 6.42 Å². The molecule has 1 amide bonds. The third-order valence-electron chi connectivity index (χ3n) is 3.78. The van der Waals surface area contributed by atoms with Gasteiger partial charge in [-0.2, -0.15) is 0 Å². The van der Waals surface area contributed by atoms with Crippen molar-refractivity contribution >= 4 is 51.7 Å². The monoisotopic (exact) mass is 374 g/mol. The number of amides is 1. The van der Waals surface area contributed by atoms with E-state index in [1.807, 2.05) is 19.9 Å². The number of nitrogens with zero attached hydrogens (tertiary/aromatic N) is 3. The van der Waals surface area contributed by atoms with Gasteiger partial charge in [-0.3, -0.25) is 18.9 Å². The van der Waals surface area contributed by atoms with Crippen LogP contribution in [-0.4, -0.2) is 37.6 Å². The molecule has 25 heavy (non-hydrogen) atoms. The number of thioether (sulfide) groups is 1. The zero-order chi connectivity index (χ0) is 18.0. The molecule has 6 nitrogen and oxygen atoms in total. The predicted molar refractivity (Wildman–Crippen MR) is 106 cm³/mol. The van der Waals surface area contributed by atoms with E-state index in [0.29, 0.717) is 39.3 Å². The molecule has 1 saturated heterocycles. The summed E-state index contributed by atoms with van der Waals surface area (Å²) < 4.78 is 1.99. The van der Waals surface area contributed by atoms with Gasteiger partial charge in [0.2, 0.25) is 0 Å². The number of carbonyl (C=O) groups excluding carboxylic acids is 1. The molecule has 1 N–H and O–H groups in total. The number of anilines is 1. The summed E-state index contributed by atoms with van der Waals surface area (Å²) in [6.45, 7) is 5.10. The molecule has 2 aromatic rings. The van der Waals surface area contributed by atoms with E-state index in [-0.39, 0.29) is 11.5 Å². The van der Waals surface area contributed by atoms with Gasteiger partial charge in [0.15, 0.2) is 0 Å². The molecule has 0 spiro atoms. The molecule has 0 atom stereocenters. The molecule has 3 rings (SSSR count). The van der Waals surface area contributed by atoms with Crippen LogP contribution in [0.2, 0.25) is 0 Å². The smallest absolute Gasteiger partial charge is 0.267 e. The summed E-state index contributed by atoms with van der Waals surface area (Å²) in [5.41, 5.74) is 0.712. The first-order valence-corrected chi connectivity index (χ1v) is 9.30. The Morgan fingerprint density at radius 2 is 2.12 bits per heavy atom. The van der Waals surface area contributed by atoms with Crippen LogP contribution in [0, 0.1) is 0 Å². The van der Waals surface area contributed by atoms with Gasteiger partial charge in [-0.05, 0) is 31.6 Å². The van der Waals surface area contributed by atoms with Gasteiger partial charge in [0.25, 0.3) is 11.5 Å². The molecule has 0 bridgehead atoms. The van der Waals surface area contributed by atoms with Crippen molar-refractivity contribution in [1.82, 2.24) is 14.3 Å². The highest BCUT2D eigenvalue weighted by Crippen LogP contribution is 2.32. The highest BCUT2D eigenvalue weighted by Gasteiger charge is 2.31. The van der Waals surface area contributed by atoms with Crippen molar-refractivity contribution in [3.05, 3.63) is 45.2 Å². The van der Waals surface area contributed by atoms with Gasteiger partial charge in [-0.15, -0.1) is 0 Å². The number of fused-ring (bicyclic) bond motifs is 1. The minimum absolute atomic E-state index is 0.170. The number of aromatic nitrogens is 2. The van der Waals surface area contributed by atoms with Crippen LogP contribution in [-0.2, 0) is 4.79 Å². The van der Waals surface area contributed by atoms with Gasteiger partial charge in [0, 0.05) is 19.3 Å². The number of thiocarbonyl (C=S) groups is 1. The van der Waals surface area contributed by atoms with E-state index in [9.17, 15) is 9.59 Å². The fraction of sp³-hybridized carbons (Fsp3) is 0.294. The van der Waals surface area contributed by atoms with Gasteiger partial charge in [-0.1, -0.05) is 37.0 Å². The van der Waals surface area contributed by atoms with Crippen molar-refractivity contribution in [3.8, 4) is 0 Å². The molecule has 0 radical (unpaired) electrons. The zero-order valence-electron chi connectivity index (χ0n) is 14.0. The van der Waals surface area contributed by atoms with E-state index in [1.165, 1.54) is 21.1 Å². The van der Waals surface area contributed by atoms with Gasteiger partial charge < -0.3 is 5.32 Å². The van der Waals surface area contributed by atoms with Crippen molar-refractivity contribution in [2.75, 3.05) is 18.4 Å². The minimum atomic E-state index is -0.217. The third kappa shape index (κ3) is 3.32. The highest BCUT2D eigenvalue weighted by molar-refractivity contribution is 8.26. The molecule has 3 heterocycles. The van der Waals surface area contributed by atoms with Crippen LogP contribution in [0.1, 0.15) is 25.8 Å². The van der Waals surface area contributed by atoms with Crippen LogP contribution >= 0.6 is 24.0 Å². The lowest BCUT2D eigenvalue weighted by molar-refractivity contribution is -0.121. The lowest BCUT2D eigenvalue weighted by Crippen LogP contribution is -2.27. The molecule has 8 heteroatoms. The van der Waals surface area contributed by atoms with Crippen LogP contribution < -0.4 is 10.9 Å². The molecule has 0 aromatic carbocycles. The Morgan fingerprint density at radius 3 is 2.80 bits per heavy atom. The van der Waals surface area contributed by atoms with Crippen molar-refractivity contribution < 1.29 is 4.79 Å². The standard InChI is InChI=1S/C17H18N4O2S2/c1-3-8-18-14-11(10-12-16(23)20(4-2)17(24)25-12)15(22)21-9-6-5-7-13(21)19-14/h5-7,9-10,18H,3-4,8H2,1-2H3. The predicted octanol–water partition coefficient (Wildman–Crippen LogP) is 2.74. The Kier molecular flexibility index (Phi) is 5.19. The number of hydrogen-bond donors (Lipinski definition) is 1. The van der Waals surface area contributed by atoms with Crippen molar-refractivity contribution in [2.24, 2.45) is 0 Å². The van der Waals surface area contributed by atoms with E-state index >= 15 is 0 Å². The number of pyridine rings is 1. The lowest BCUT2D eigenvalue weighted by Gasteiger charge is -2.11. The maximum absolute atomic E-state index is 12.9. The number of rotatable bonds is 5. The second-order valence-corrected chi connectivity index (χ2v) is 7.14. The topological polar surface area (TPSA) is 66.7 Å². The maximum Gasteiger partial charge on any atom is 0.267 e. The Balaban J connectivity index is 2.15. The molecule has 130 valence electrons. The number of nitrogens with one attached hydrogen (secondary N) is 1. The van der Waals surface area contributed by atoms with Crippen LogP contribution in [0.15, 0.2) is 34.1 Å². The Bertz CT molecular complexity index is 936. The fourth-order valence-electron chi connectivity index (χ4n) is 2.51. The number of hydrogen-bond acceptors (Lipinski definition) is 6. The van der Waals surface area contributed by atoms with E-state index in [2.05, 4.69) is 10.3 Å². The summed E-state index contributed by atoms with van der Waals surface area (Å²) in [5.74, 6) is 0.316. The molecular weight excluding hydrogens is 356 g/mol. The molecule has 0 aliphatic carbocycles. The molecule has 2 aromatic heterocycles. The second kappa shape index (κ2) is 7.37. The Hall–Kier alpha value is -2.19. The summed E-state index contributed by atoms with van der Waals surface area (Å²) in [7, 11) is 0. The molecular formula is C17H18N4O2S2. The van der Waals surface area contributed by atoms with Crippen LogP contribution in [0.4, 0.5) is 5.82 Å². The van der Waals surface area contributed by atoms with Gasteiger partial charge in [0.05, 0.1) is 10.5 Å². The molecule has 0 saturated carbocycles. The Labute approximate surface area is 154 Å². The van der Waals surface area contributed by atoms with Gasteiger partial charge in [0.1, 0.15) is 15.8 Å². The average Bonchev–Trinajstić information content (AvgIpc) is 2.88. The first-order valence-electron chi connectivity index (χ1n) is 8.07. The summed E-state index contributed by atoms with van der Waals surface area (Å²) >= 11 is 6.45. The van der Waals surface area contributed by atoms with Gasteiger partial charge >= 0.3 is 0 Å². The van der Waals surface area contributed by atoms with E-state index in [4.69, 9.17) is 12.2 Å². The summed E-state index contributed by atoms with van der Waals surface area (Å²) in [5, 5.41) is 3.19. The first-order chi connectivity index (χ1) is 12.1. The quantitative estimate of drug-likeness (QED) is 0.641. The summed E-state index contributed by atoms with van der Waals surface area (Å²) in [4.78, 5) is 31.9. The molecule has 0 unspecified atom stereocenters.